The lowest BCUT2D eigenvalue weighted by atomic mass is 10.1. The molecule has 0 aromatic heterocycles. The van der Waals surface area contributed by atoms with E-state index in [0.717, 1.165) is 0 Å². The Kier molecular flexibility index (Phi) is 3.91. The van der Waals surface area contributed by atoms with Crippen LogP contribution in [0.2, 0.25) is 0 Å². The van der Waals surface area contributed by atoms with Crippen molar-refractivity contribution < 1.29 is 8.42 Å². The standard InChI is InChI=1S/C8H16N2O2S/c1-6-8(4,5)10-13(11,12)9-7(2)3/h1,7,9-10H,2-5H3. The minimum Gasteiger partial charge on any atom is -0.200 e. The minimum absolute atomic E-state index is 0.147. The zero-order valence-electron chi connectivity index (χ0n) is 8.38. The predicted molar refractivity (Wildman–Crippen MR) is 53.2 cm³/mol. The highest BCUT2D eigenvalue weighted by Crippen LogP contribution is 2.00. The predicted octanol–water partition coefficient (Wildman–Crippen LogP) is 0.231. The first-order valence-corrected chi connectivity index (χ1v) is 5.46. The summed E-state index contributed by atoms with van der Waals surface area (Å²) in [5, 5.41) is 0. The second kappa shape index (κ2) is 4.09. The normalized spacial score (nSPS) is 12.9. The smallest absolute Gasteiger partial charge is 0.200 e. The Labute approximate surface area is 80.3 Å². The first kappa shape index (κ1) is 12.4. The van der Waals surface area contributed by atoms with E-state index in [0.29, 0.717) is 0 Å². The third-order valence-electron chi connectivity index (χ3n) is 1.14. The van der Waals surface area contributed by atoms with E-state index in [1.54, 1.807) is 27.7 Å². The first-order chi connectivity index (χ1) is 5.68. The van der Waals surface area contributed by atoms with Crippen molar-refractivity contribution in [2.24, 2.45) is 0 Å². The van der Waals surface area contributed by atoms with Gasteiger partial charge in [-0.05, 0) is 27.7 Å². The second-order valence-corrected chi connectivity index (χ2v) is 5.09. The molecular weight excluding hydrogens is 188 g/mol. The van der Waals surface area contributed by atoms with Gasteiger partial charge < -0.3 is 0 Å². The Hall–Kier alpha value is -0.570. The molecule has 0 aromatic rings. The van der Waals surface area contributed by atoms with Gasteiger partial charge in [0.2, 0.25) is 0 Å². The Bertz CT molecular complexity index is 299. The minimum atomic E-state index is -3.49. The van der Waals surface area contributed by atoms with Crippen molar-refractivity contribution in [1.82, 2.24) is 9.44 Å². The quantitative estimate of drug-likeness (QED) is 0.644. The summed E-state index contributed by atoms with van der Waals surface area (Å²) in [5.41, 5.74) is -0.860. The van der Waals surface area contributed by atoms with Gasteiger partial charge in [0.05, 0.1) is 5.54 Å². The van der Waals surface area contributed by atoms with Crippen LogP contribution in [0.25, 0.3) is 0 Å². The van der Waals surface area contributed by atoms with Crippen molar-refractivity contribution in [3.63, 3.8) is 0 Å². The summed E-state index contributed by atoms with van der Waals surface area (Å²) >= 11 is 0. The molecule has 0 fully saturated rings. The van der Waals surface area contributed by atoms with Crippen LogP contribution in [0.4, 0.5) is 0 Å². The lowest BCUT2D eigenvalue weighted by molar-refractivity contribution is 0.519. The molecule has 0 heterocycles. The summed E-state index contributed by atoms with van der Waals surface area (Å²) in [6.07, 6.45) is 5.14. The van der Waals surface area contributed by atoms with E-state index >= 15 is 0 Å². The number of hydrogen-bond donors (Lipinski definition) is 2. The third kappa shape index (κ3) is 5.64. The third-order valence-corrected chi connectivity index (χ3v) is 2.70. The summed E-state index contributed by atoms with van der Waals surface area (Å²) < 4.78 is 27.3. The molecule has 0 atom stereocenters. The van der Waals surface area contributed by atoms with E-state index in [1.807, 2.05) is 0 Å². The van der Waals surface area contributed by atoms with E-state index < -0.39 is 15.7 Å². The Balaban J connectivity index is 4.46. The van der Waals surface area contributed by atoms with Crippen LogP contribution in [0.5, 0.6) is 0 Å². The van der Waals surface area contributed by atoms with Crippen LogP contribution in [-0.4, -0.2) is 20.0 Å². The average molecular weight is 204 g/mol. The lowest BCUT2D eigenvalue weighted by Crippen LogP contribution is -2.49. The Morgan fingerprint density at radius 2 is 1.85 bits per heavy atom. The van der Waals surface area contributed by atoms with Crippen LogP contribution in [0.1, 0.15) is 27.7 Å². The molecular formula is C8H16N2O2S. The highest BCUT2D eigenvalue weighted by atomic mass is 32.2. The zero-order valence-corrected chi connectivity index (χ0v) is 9.20. The molecule has 76 valence electrons. The van der Waals surface area contributed by atoms with Crippen molar-refractivity contribution in [3.8, 4) is 12.3 Å². The van der Waals surface area contributed by atoms with E-state index in [-0.39, 0.29) is 6.04 Å². The number of hydrogen-bond acceptors (Lipinski definition) is 2. The number of rotatable bonds is 4. The molecule has 0 rings (SSSR count). The van der Waals surface area contributed by atoms with Crippen molar-refractivity contribution in [1.29, 1.82) is 0 Å². The molecule has 0 amide bonds. The summed E-state index contributed by atoms with van der Waals surface area (Å²) in [7, 11) is -3.49. The van der Waals surface area contributed by atoms with Crippen LogP contribution in [0.15, 0.2) is 0 Å². The molecule has 0 saturated carbocycles. The van der Waals surface area contributed by atoms with E-state index in [1.165, 1.54) is 0 Å². The maximum Gasteiger partial charge on any atom is 0.278 e. The maximum absolute atomic E-state index is 11.3. The summed E-state index contributed by atoms with van der Waals surface area (Å²) in [4.78, 5) is 0. The van der Waals surface area contributed by atoms with Gasteiger partial charge in [-0.1, -0.05) is 5.92 Å². The van der Waals surface area contributed by atoms with Gasteiger partial charge in [0.15, 0.2) is 0 Å². The lowest BCUT2D eigenvalue weighted by Gasteiger charge is -2.20. The van der Waals surface area contributed by atoms with Gasteiger partial charge in [0.1, 0.15) is 0 Å². The van der Waals surface area contributed by atoms with Gasteiger partial charge in [-0.3, -0.25) is 0 Å². The molecule has 0 bridgehead atoms. The summed E-state index contributed by atoms with van der Waals surface area (Å²) in [6.45, 7) is 6.71. The van der Waals surface area contributed by atoms with Crippen LogP contribution in [0, 0.1) is 12.3 Å². The molecule has 2 N–H and O–H groups in total. The van der Waals surface area contributed by atoms with Crippen LogP contribution >= 0.6 is 0 Å². The molecule has 4 nitrogen and oxygen atoms in total. The highest BCUT2D eigenvalue weighted by molar-refractivity contribution is 7.87. The Morgan fingerprint density at radius 3 is 2.15 bits per heavy atom. The fourth-order valence-electron chi connectivity index (χ4n) is 0.705. The van der Waals surface area contributed by atoms with Crippen molar-refractivity contribution in [2.45, 2.75) is 39.3 Å². The molecule has 13 heavy (non-hydrogen) atoms. The highest BCUT2D eigenvalue weighted by Gasteiger charge is 2.22. The van der Waals surface area contributed by atoms with E-state index in [4.69, 9.17) is 6.42 Å². The average Bonchev–Trinajstić information content (AvgIpc) is 1.81. The zero-order chi connectivity index (χ0) is 10.7. The van der Waals surface area contributed by atoms with Gasteiger partial charge in [-0.2, -0.15) is 17.9 Å². The molecule has 0 aliphatic heterocycles. The van der Waals surface area contributed by atoms with Crippen LogP contribution in [0.3, 0.4) is 0 Å². The van der Waals surface area contributed by atoms with Crippen molar-refractivity contribution in [2.75, 3.05) is 0 Å². The SMILES string of the molecule is C#CC(C)(C)NS(=O)(=O)NC(C)C. The molecule has 0 saturated heterocycles. The number of terminal acetylenes is 1. The fraction of sp³-hybridized carbons (Fsp3) is 0.750. The van der Waals surface area contributed by atoms with Gasteiger partial charge in [-0.15, -0.1) is 6.42 Å². The Morgan fingerprint density at radius 1 is 1.38 bits per heavy atom. The van der Waals surface area contributed by atoms with Crippen molar-refractivity contribution >= 4 is 10.2 Å². The fourth-order valence-corrected chi connectivity index (χ4v) is 2.12. The van der Waals surface area contributed by atoms with Gasteiger partial charge in [-0.25, -0.2) is 0 Å². The van der Waals surface area contributed by atoms with E-state index in [2.05, 4.69) is 15.4 Å². The number of nitrogens with one attached hydrogen (secondary N) is 2. The topological polar surface area (TPSA) is 58.2 Å². The van der Waals surface area contributed by atoms with Crippen LogP contribution in [-0.2, 0) is 10.2 Å². The first-order valence-electron chi connectivity index (χ1n) is 3.97. The molecule has 0 aromatic carbocycles. The molecule has 0 radical (unpaired) electrons. The molecule has 5 heteroatoms. The molecule has 0 spiro atoms. The molecule has 0 aliphatic carbocycles. The summed E-state index contributed by atoms with van der Waals surface area (Å²) in [5.74, 6) is 2.34. The van der Waals surface area contributed by atoms with Gasteiger partial charge in [0.25, 0.3) is 10.2 Å². The largest absolute Gasteiger partial charge is 0.278 e. The van der Waals surface area contributed by atoms with Crippen LogP contribution < -0.4 is 9.44 Å². The monoisotopic (exact) mass is 204 g/mol. The summed E-state index contributed by atoms with van der Waals surface area (Å²) in [6, 6.07) is -0.147. The second-order valence-electron chi connectivity index (χ2n) is 3.65. The van der Waals surface area contributed by atoms with Crippen molar-refractivity contribution in [3.05, 3.63) is 0 Å². The van der Waals surface area contributed by atoms with Gasteiger partial charge in [0, 0.05) is 6.04 Å². The molecule has 0 unspecified atom stereocenters. The molecule has 0 aliphatic rings. The van der Waals surface area contributed by atoms with Gasteiger partial charge >= 0.3 is 0 Å². The maximum atomic E-state index is 11.3. The van der Waals surface area contributed by atoms with E-state index in [9.17, 15) is 8.42 Å².